The number of urea groups is 1. The Hall–Kier alpha value is -1.69. The molecule has 6 heteroatoms. The quantitative estimate of drug-likeness (QED) is 0.537. The summed E-state index contributed by atoms with van der Waals surface area (Å²) >= 11 is 0. The van der Waals surface area contributed by atoms with Gasteiger partial charge in [0.25, 0.3) is 11.8 Å². The highest BCUT2D eigenvalue weighted by molar-refractivity contribution is 6.28. The first kappa shape index (κ1) is 13.7. The molecule has 0 aromatic carbocycles. The van der Waals surface area contributed by atoms with Gasteiger partial charge in [-0.25, -0.2) is 4.79 Å². The summed E-state index contributed by atoms with van der Waals surface area (Å²) in [4.78, 5) is 39.7. The van der Waals surface area contributed by atoms with Crippen molar-refractivity contribution in [2.75, 3.05) is 27.7 Å². The van der Waals surface area contributed by atoms with Crippen LogP contribution in [-0.2, 0) is 9.59 Å². The smallest absolute Gasteiger partial charge is 0.303 e. The van der Waals surface area contributed by atoms with E-state index < -0.39 is 17.8 Å². The van der Waals surface area contributed by atoms with Gasteiger partial charge in [-0.2, -0.15) is 0 Å². The highest BCUT2D eigenvalue weighted by Crippen LogP contribution is 2.21. The van der Waals surface area contributed by atoms with Crippen LogP contribution >= 0.6 is 0 Å². The number of nitrogens with zero attached hydrogens (tertiary/aromatic N) is 3. The van der Waals surface area contributed by atoms with Crippen LogP contribution in [0.25, 0.3) is 0 Å². The zero-order chi connectivity index (χ0) is 14.2. The Morgan fingerprint density at radius 3 is 2.16 bits per heavy atom. The fourth-order valence-corrected chi connectivity index (χ4v) is 2.56. The number of rotatable bonds is 2. The Kier molecular flexibility index (Phi) is 3.71. The van der Waals surface area contributed by atoms with Crippen LogP contribution in [0.5, 0.6) is 0 Å². The van der Waals surface area contributed by atoms with Gasteiger partial charge in [0.2, 0.25) is 0 Å². The molecule has 0 N–H and O–H groups in total. The molecule has 0 spiro atoms. The summed E-state index contributed by atoms with van der Waals surface area (Å²) in [5.41, 5.74) is 0.102. The van der Waals surface area contributed by atoms with Gasteiger partial charge < -0.3 is 4.90 Å². The molecule has 104 valence electrons. The SMILES string of the molecule is CN1C(=O)C(=CCC2CCCN2C)C(=O)N(C)C1=O. The third kappa shape index (κ3) is 2.40. The van der Waals surface area contributed by atoms with Crippen LogP contribution < -0.4 is 0 Å². The molecule has 0 bridgehead atoms. The number of carbonyl (C=O) groups is 3. The van der Waals surface area contributed by atoms with Crippen LogP contribution in [0.15, 0.2) is 11.6 Å². The molecule has 4 amide bonds. The third-order valence-corrected chi connectivity index (χ3v) is 3.91. The third-order valence-electron chi connectivity index (χ3n) is 3.91. The number of barbiturate groups is 1. The Bertz CT molecular complexity index is 432. The molecule has 1 unspecified atom stereocenters. The van der Waals surface area contributed by atoms with Gasteiger partial charge in [-0.05, 0) is 32.9 Å². The van der Waals surface area contributed by atoms with Crippen molar-refractivity contribution in [3.63, 3.8) is 0 Å². The molecule has 0 radical (unpaired) electrons. The van der Waals surface area contributed by atoms with Crippen molar-refractivity contribution in [1.82, 2.24) is 14.7 Å². The fraction of sp³-hybridized carbons (Fsp3) is 0.615. The normalized spacial score (nSPS) is 25.5. The van der Waals surface area contributed by atoms with Gasteiger partial charge in [0, 0.05) is 20.1 Å². The molecule has 0 aromatic rings. The molecular formula is C13H19N3O3. The Balaban J connectivity index is 2.15. The molecule has 1 atom stereocenters. The highest BCUT2D eigenvalue weighted by atomic mass is 16.2. The fourth-order valence-electron chi connectivity index (χ4n) is 2.56. The molecule has 2 saturated heterocycles. The molecule has 0 saturated carbocycles. The van der Waals surface area contributed by atoms with Crippen LogP contribution in [0.3, 0.4) is 0 Å². The molecule has 6 nitrogen and oxygen atoms in total. The van der Waals surface area contributed by atoms with Gasteiger partial charge in [-0.15, -0.1) is 0 Å². The van der Waals surface area contributed by atoms with E-state index >= 15 is 0 Å². The lowest BCUT2D eigenvalue weighted by atomic mass is 10.1. The first-order valence-corrected chi connectivity index (χ1v) is 6.44. The Morgan fingerprint density at radius 2 is 1.68 bits per heavy atom. The lowest BCUT2D eigenvalue weighted by Gasteiger charge is -2.29. The predicted molar refractivity (Wildman–Crippen MR) is 69.3 cm³/mol. The zero-order valence-electron chi connectivity index (χ0n) is 11.5. The summed E-state index contributed by atoms with van der Waals surface area (Å²) < 4.78 is 0. The maximum absolute atomic E-state index is 12.0. The Morgan fingerprint density at radius 1 is 1.11 bits per heavy atom. The van der Waals surface area contributed by atoms with E-state index in [1.54, 1.807) is 6.08 Å². The maximum atomic E-state index is 12.0. The van der Waals surface area contributed by atoms with E-state index in [0.717, 1.165) is 29.2 Å². The van der Waals surface area contributed by atoms with Crippen molar-refractivity contribution in [2.24, 2.45) is 0 Å². The monoisotopic (exact) mass is 265 g/mol. The average Bonchev–Trinajstić information content (AvgIpc) is 2.80. The summed E-state index contributed by atoms with van der Waals surface area (Å²) in [6, 6.07) is -0.202. The van der Waals surface area contributed by atoms with Crippen molar-refractivity contribution in [1.29, 1.82) is 0 Å². The topological polar surface area (TPSA) is 60.9 Å². The lowest BCUT2D eigenvalue weighted by Crippen LogP contribution is -2.53. The van der Waals surface area contributed by atoms with Gasteiger partial charge in [0.1, 0.15) is 5.57 Å². The van der Waals surface area contributed by atoms with E-state index in [0.29, 0.717) is 12.5 Å². The highest BCUT2D eigenvalue weighted by Gasteiger charge is 2.37. The predicted octanol–water partition coefficient (Wildman–Crippen LogP) is 0.448. The number of hydrogen-bond donors (Lipinski definition) is 0. The minimum atomic E-state index is -0.579. The van der Waals surface area contributed by atoms with E-state index in [2.05, 4.69) is 4.90 Å². The molecule has 2 aliphatic rings. The number of carbonyl (C=O) groups excluding carboxylic acids is 3. The van der Waals surface area contributed by atoms with Gasteiger partial charge in [0.05, 0.1) is 0 Å². The minimum absolute atomic E-state index is 0.102. The molecule has 2 heterocycles. The summed E-state index contributed by atoms with van der Waals surface area (Å²) in [7, 11) is 4.83. The maximum Gasteiger partial charge on any atom is 0.333 e. The van der Waals surface area contributed by atoms with E-state index in [4.69, 9.17) is 0 Å². The van der Waals surface area contributed by atoms with Crippen molar-refractivity contribution >= 4 is 17.8 Å². The van der Waals surface area contributed by atoms with Crippen LogP contribution in [0, 0.1) is 0 Å². The zero-order valence-corrected chi connectivity index (χ0v) is 11.5. The molecule has 0 aromatic heterocycles. The molecule has 0 aliphatic carbocycles. The number of hydrogen-bond acceptors (Lipinski definition) is 4. The molecule has 2 aliphatic heterocycles. The number of amides is 4. The second-order valence-corrected chi connectivity index (χ2v) is 5.14. The first-order chi connectivity index (χ1) is 8.93. The van der Waals surface area contributed by atoms with Crippen molar-refractivity contribution in [3.05, 3.63) is 11.6 Å². The number of likely N-dealkylation sites (tertiary alicyclic amines) is 1. The number of imide groups is 2. The summed E-state index contributed by atoms with van der Waals surface area (Å²) in [5.74, 6) is -1.01. The van der Waals surface area contributed by atoms with Gasteiger partial charge in [0.15, 0.2) is 0 Å². The van der Waals surface area contributed by atoms with E-state index in [-0.39, 0.29) is 5.57 Å². The Labute approximate surface area is 112 Å². The summed E-state index contributed by atoms with van der Waals surface area (Å²) in [6.45, 7) is 1.05. The summed E-state index contributed by atoms with van der Waals surface area (Å²) in [6.07, 6.45) is 4.56. The van der Waals surface area contributed by atoms with Gasteiger partial charge in [-0.3, -0.25) is 19.4 Å². The van der Waals surface area contributed by atoms with Crippen LogP contribution in [0.4, 0.5) is 4.79 Å². The first-order valence-electron chi connectivity index (χ1n) is 6.44. The largest absolute Gasteiger partial charge is 0.333 e. The molecule has 2 rings (SSSR count). The molecular weight excluding hydrogens is 246 g/mol. The molecule has 19 heavy (non-hydrogen) atoms. The standard InChI is InChI=1S/C13H19N3O3/c1-14-8-4-5-9(14)6-7-10-11(17)15(2)13(19)16(3)12(10)18/h7,9H,4-6,8H2,1-3H3. The van der Waals surface area contributed by atoms with Crippen LogP contribution in [0.1, 0.15) is 19.3 Å². The minimum Gasteiger partial charge on any atom is -0.303 e. The molecule has 2 fully saturated rings. The van der Waals surface area contributed by atoms with Crippen LogP contribution in [-0.4, -0.2) is 66.3 Å². The van der Waals surface area contributed by atoms with E-state index in [1.807, 2.05) is 7.05 Å². The van der Waals surface area contributed by atoms with E-state index in [9.17, 15) is 14.4 Å². The lowest BCUT2D eigenvalue weighted by molar-refractivity contribution is -0.134. The van der Waals surface area contributed by atoms with Crippen molar-refractivity contribution in [3.8, 4) is 0 Å². The van der Waals surface area contributed by atoms with Gasteiger partial charge >= 0.3 is 6.03 Å². The van der Waals surface area contributed by atoms with Gasteiger partial charge in [-0.1, -0.05) is 6.08 Å². The summed E-state index contributed by atoms with van der Waals surface area (Å²) in [5, 5.41) is 0. The van der Waals surface area contributed by atoms with Crippen molar-refractivity contribution < 1.29 is 14.4 Å². The number of likely N-dealkylation sites (N-methyl/N-ethyl adjacent to an activating group) is 2. The van der Waals surface area contributed by atoms with Crippen LogP contribution in [0.2, 0.25) is 0 Å². The average molecular weight is 265 g/mol. The second kappa shape index (κ2) is 5.13. The van der Waals surface area contributed by atoms with Crippen molar-refractivity contribution in [2.45, 2.75) is 25.3 Å². The second-order valence-electron chi connectivity index (χ2n) is 5.14. The van der Waals surface area contributed by atoms with E-state index in [1.165, 1.54) is 14.1 Å².